The number of hydrogen-bond acceptors (Lipinski definition) is 6. The molecular formula is C20H21N5O3. The van der Waals surface area contributed by atoms with Gasteiger partial charge in [0.15, 0.2) is 11.3 Å². The molecule has 0 spiro atoms. The van der Waals surface area contributed by atoms with E-state index in [1.54, 1.807) is 18.0 Å². The Kier molecular flexibility index (Phi) is 4.29. The van der Waals surface area contributed by atoms with Crippen LogP contribution in [0.2, 0.25) is 0 Å². The van der Waals surface area contributed by atoms with Crippen LogP contribution in [-0.4, -0.2) is 50.5 Å². The Morgan fingerprint density at radius 2 is 2.04 bits per heavy atom. The number of nitrogens with zero attached hydrogens (tertiary/aromatic N) is 5. The van der Waals surface area contributed by atoms with Crippen LogP contribution in [0.25, 0.3) is 33.2 Å². The van der Waals surface area contributed by atoms with Crippen molar-refractivity contribution in [1.82, 2.24) is 24.1 Å². The molecule has 1 aromatic carbocycles. The highest BCUT2D eigenvalue weighted by atomic mass is 16.5. The van der Waals surface area contributed by atoms with Crippen LogP contribution >= 0.6 is 0 Å². The second-order valence-corrected chi connectivity index (χ2v) is 7.06. The fourth-order valence-corrected chi connectivity index (χ4v) is 3.87. The first-order chi connectivity index (χ1) is 13.8. The lowest BCUT2D eigenvalue weighted by molar-refractivity contribution is 0.0960. The molecule has 1 aliphatic rings. The highest BCUT2D eigenvalue weighted by molar-refractivity contribution is 6.04. The summed E-state index contributed by atoms with van der Waals surface area (Å²) in [4.78, 5) is 27.4. The Morgan fingerprint density at radius 3 is 2.79 bits per heavy atom. The van der Waals surface area contributed by atoms with E-state index in [2.05, 4.69) is 4.98 Å². The second-order valence-electron chi connectivity index (χ2n) is 7.06. The molecular weight excluding hydrogens is 358 g/mol. The molecule has 0 amide bonds. The number of aromatic nitrogens is 5. The van der Waals surface area contributed by atoms with Crippen molar-refractivity contribution in [3.63, 3.8) is 0 Å². The summed E-state index contributed by atoms with van der Waals surface area (Å²) in [6.07, 6.45) is 3.66. The van der Waals surface area contributed by atoms with Crippen LogP contribution in [0.5, 0.6) is 0 Å². The molecule has 0 N–H and O–H groups in total. The van der Waals surface area contributed by atoms with Gasteiger partial charge in [0, 0.05) is 20.3 Å². The van der Waals surface area contributed by atoms with Crippen LogP contribution in [-0.2, 0) is 22.6 Å². The summed E-state index contributed by atoms with van der Waals surface area (Å²) in [5.41, 5.74) is 3.28. The van der Waals surface area contributed by atoms with Crippen LogP contribution in [0.4, 0.5) is 0 Å². The van der Waals surface area contributed by atoms with E-state index >= 15 is 0 Å². The van der Waals surface area contributed by atoms with Crippen molar-refractivity contribution < 1.29 is 9.47 Å². The lowest BCUT2D eigenvalue weighted by atomic mass is 10.2. The van der Waals surface area contributed by atoms with Gasteiger partial charge in [-0.1, -0.05) is 12.1 Å². The van der Waals surface area contributed by atoms with Gasteiger partial charge in [0.1, 0.15) is 10.9 Å². The zero-order valence-electron chi connectivity index (χ0n) is 15.7. The summed E-state index contributed by atoms with van der Waals surface area (Å²) >= 11 is 0. The first-order valence-corrected chi connectivity index (χ1v) is 9.51. The van der Waals surface area contributed by atoms with Gasteiger partial charge >= 0.3 is 0 Å². The van der Waals surface area contributed by atoms with Crippen molar-refractivity contribution in [2.45, 2.75) is 32.0 Å². The number of methoxy groups -OCH3 is 1. The minimum absolute atomic E-state index is 0.0608. The summed E-state index contributed by atoms with van der Waals surface area (Å²) < 4.78 is 14.5. The molecule has 1 atom stereocenters. The fourth-order valence-electron chi connectivity index (χ4n) is 3.87. The van der Waals surface area contributed by atoms with E-state index < -0.39 is 0 Å². The molecule has 0 saturated carbocycles. The molecule has 28 heavy (non-hydrogen) atoms. The van der Waals surface area contributed by atoms with Gasteiger partial charge in [0.05, 0.1) is 36.6 Å². The average Bonchev–Trinajstić information content (AvgIpc) is 3.33. The molecule has 1 fully saturated rings. The van der Waals surface area contributed by atoms with E-state index in [0.29, 0.717) is 41.9 Å². The monoisotopic (exact) mass is 379 g/mol. The standard InChI is InChI=1S/C20H21N5O3/c1-27-10-8-25-18-16(17-19(25)23-15-7-3-2-6-14(15)22-17)20(26)24(12-21-18)11-13-5-4-9-28-13/h2-3,6-7,12-13H,4-5,8-11H2,1H3/t13-/m1/s1. The number of hydrogen-bond donors (Lipinski definition) is 0. The van der Waals surface area contributed by atoms with Gasteiger partial charge in [0.25, 0.3) is 5.56 Å². The molecule has 4 heterocycles. The van der Waals surface area contributed by atoms with E-state index in [4.69, 9.17) is 19.4 Å². The molecule has 5 rings (SSSR count). The van der Waals surface area contributed by atoms with Gasteiger partial charge in [-0.25, -0.2) is 15.0 Å². The minimum Gasteiger partial charge on any atom is -0.383 e. The number of fused-ring (bicyclic) bond motifs is 4. The Bertz CT molecular complexity index is 1220. The lowest BCUT2D eigenvalue weighted by Crippen LogP contribution is -2.26. The van der Waals surface area contributed by atoms with Crippen LogP contribution in [0.1, 0.15) is 12.8 Å². The lowest BCUT2D eigenvalue weighted by Gasteiger charge is -2.11. The second kappa shape index (κ2) is 6.96. The van der Waals surface area contributed by atoms with Gasteiger partial charge in [0.2, 0.25) is 0 Å². The van der Waals surface area contributed by atoms with Crippen LogP contribution < -0.4 is 5.56 Å². The SMILES string of the molecule is COCCn1c2nc3ccccc3nc2c2c(=O)n(C[C@H]3CCCO3)cnc21. The molecule has 0 radical (unpaired) electrons. The Balaban J connectivity index is 1.77. The third-order valence-corrected chi connectivity index (χ3v) is 5.26. The zero-order chi connectivity index (χ0) is 19.1. The number of benzene rings is 1. The van der Waals surface area contributed by atoms with E-state index in [9.17, 15) is 4.79 Å². The predicted molar refractivity (Wildman–Crippen MR) is 105 cm³/mol. The summed E-state index contributed by atoms with van der Waals surface area (Å²) in [5.74, 6) is 0. The summed E-state index contributed by atoms with van der Waals surface area (Å²) in [5, 5.41) is 0.504. The molecule has 0 bridgehead atoms. The zero-order valence-corrected chi connectivity index (χ0v) is 15.7. The van der Waals surface area contributed by atoms with E-state index in [1.165, 1.54) is 0 Å². The number of ether oxygens (including phenoxy) is 2. The maximum Gasteiger partial charge on any atom is 0.265 e. The molecule has 8 heteroatoms. The van der Waals surface area contributed by atoms with Crippen molar-refractivity contribution in [3.8, 4) is 0 Å². The van der Waals surface area contributed by atoms with Crippen LogP contribution in [0.15, 0.2) is 35.4 Å². The van der Waals surface area contributed by atoms with Crippen LogP contribution in [0, 0.1) is 0 Å². The van der Waals surface area contributed by atoms with E-state index in [0.717, 1.165) is 30.5 Å². The van der Waals surface area contributed by atoms with Crippen molar-refractivity contribution in [1.29, 1.82) is 0 Å². The summed E-state index contributed by atoms with van der Waals surface area (Å²) in [6.45, 7) is 2.30. The average molecular weight is 379 g/mol. The quantitative estimate of drug-likeness (QED) is 0.528. The molecule has 0 aliphatic carbocycles. The van der Waals surface area contributed by atoms with Gasteiger partial charge in [-0.3, -0.25) is 9.36 Å². The van der Waals surface area contributed by atoms with Gasteiger partial charge in [-0.2, -0.15) is 0 Å². The largest absolute Gasteiger partial charge is 0.383 e. The highest BCUT2D eigenvalue weighted by Crippen LogP contribution is 2.25. The first kappa shape index (κ1) is 17.3. The summed E-state index contributed by atoms with van der Waals surface area (Å²) in [7, 11) is 1.65. The van der Waals surface area contributed by atoms with Gasteiger partial charge in [-0.15, -0.1) is 0 Å². The normalized spacial score (nSPS) is 17.2. The third kappa shape index (κ3) is 2.76. The first-order valence-electron chi connectivity index (χ1n) is 9.51. The maximum absolute atomic E-state index is 13.3. The Labute approximate surface area is 160 Å². The van der Waals surface area contributed by atoms with Gasteiger partial charge in [-0.05, 0) is 25.0 Å². The Morgan fingerprint density at radius 1 is 1.21 bits per heavy atom. The third-order valence-electron chi connectivity index (χ3n) is 5.26. The van der Waals surface area contributed by atoms with Crippen LogP contribution in [0.3, 0.4) is 0 Å². The number of rotatable bonds is 5. The molecule has 8 nitrogen and oxygen atoms in total. The van der Waals surface area contributed by atoms with E-state index in [1.807, 2.05) is 28.8 Å². The molecule has 3 aromatic heterocycles. The van der Waals surface area contributed by atoms with Crippen molar-refractivity contribution in [3.05, 3.63) is 40.9 Å². The van der Waals surface area contributed by atoms with E-state index in [-0.39, 0.29) is 11.7 Å². The van der Waals surface area contributed by atoms with Crippen molar-refractivity contribution in [2.24, 2.45) is 0 Å². The molecule has 4 aromatic rings. The smallest absolute Gasteiger partial charge is 0.265 e. The summed E-state index contributed by atoms with van der Waals surface area (Å²) in [6, 6.07) is 7.67. The molecule has 1 aliphatic heterocycles. The van der Waals surface area contributed by atoms with Crippen molar-refractivity contribution >= 4 is 33.2 Å². The maximum atomic E-state index is 13.3. The molecule has 144 valence electrons. The predicted octanol–water partition coefficient (Wildman–Crippen LogP) is 2.12. The number of para-hydroxylation sites is 2. The minimum atomic E-state index is -0.105. The molecule has 1 saturated heterocycles. The topological polar surface area (TPSA) is 84.1 Å². The molecule has 0 unspecified atom stereocenters. The van der Waals surface area contributed by atoms with Crippen molar-refractivity contribution in [2.75, 3.05) is 20.3 Å². The van der Waals surface area contributed by atoms with Gasteiger partial charge < -0.3 is 14.0 Å². The fraction of sp³-hybridized carbons (Fsp3) is 0.400. The Hall–Kier alpha value is -2.84. The highest BCUT2D eigenvalue weighted by Gasteiger charge is 2.22.